The fourth-order valence-corrected chi connectivity index (χ4v) is 4.42. The van der Waals surface area contributed by atoms with E-state index < -0.39 is 0 Å². The summed E-state index contributed by atoms with van der Waals surface area (Å²) in [6, 6.07) is 14.0. The molecule has 4 rings (SSSR count). The number of carbonyl (C=O) groups excluding carboxylic acids is 1. The zero-order valence-electron chi connectivity index (χ0n) is 16.3. The molecule has 28 heavy (non-hydrogen) atoms. The molecule has 1 aromatic carbocycles. The monoisotopic (exact) mass is 396 g/mol. The molecule has 0 saturated carbocycles. The Labute approximate surface area is 170 Å². The number of likely N-dealkylation sites (tertiary alicyclic amines) is 1. The van der Waals surface area contributed by atoms with E-state index in [1.165, 1.54) is 0 Å². The number of carbonyl (C=O) groups is 1. The molecule has 146 valence electrons. The van der Waals surface area contributed by atoms with Crippen LogP contribution in [-0.2, 0) is 13.0 Å². The highest BCUT2D eigenvalue weighted by Crippen LogP contribution is 2.28. The van der Waals surface area contributed by atoms with Gasteiger partial charge in [0.15, 0.2) is 0 Å². The molecule has 1 amide bonds. The van der Waals surface area contributed by atoms with Gasteiger partial charge in [0, 0.05) is 29.0 Å². The molecule has 1 fully saturated rings. The average molecular weight is 397 g/mol. The predicted octanol–water partition coefficient (Wildman–Crippen LogP) is 5.25. The van der Waals surface area contributed by atoms with E-state index in [4.69, 9.17) is 16.0 Å². The van der Waals surface area contributed by atoms with E-state index in [1.807, 2.05) is 55.1 Å². The van der Waals surface area contributed by atoms with E-state index in [0.29, 0.717) is 6.54 Å². The van der Waals surface area contributed by atoms with Gasteiger partial charge in [-0.05, 0) is 62.9 Å². The van der Waals surface area contributed by atoms with Crippen molar-refractivity contribution in [1.29, 1.82) is 0 Å². The van der Waals surface area contributed by atoms with Crippen LogP contribution in [-0.4, -0.2) is 28.0 Å². The molecule has 0 spiro atoms. The van der Waals surface area contributed by atoms with Gasteiger partial charge in [0.05, 0.1) is 18.4 Å². The van der Waals surface area contributed by atoms with E-state index in [1.54, 1.807) is 6.26 Å². The summed E-state index contributed by atoms with van der Waals surface area (Å²) in [5.41, 5.74) is 3.95. The van der Waals surface area contributed by atoms with Crippen molar-refractivity contribution < 1.29 is 9.21 Å². The van der Waals surface area contributed by atoms with Gasteiger partial charge in [-0.25, -0.2) is 0 Å². The molecule has 1 saturated heterocycles. The molecule has 0 N–H and O–H groups in total. The molecule has 0 bridgehead atoms. The molecule has 4 nitrogen and oxygen atoms in total. The van der Waals surface area contributed by atoms with Gasteiger partial charge in [-0.15, -0.1) is 0 Å². The van der Waals surface area contributed by atoms with Crippen LogP contribution in [0.2, 0.25) is 5.02 Å². The molecule has 1 unspecified atom stereocenters. The van der Waals surface area contributed by atoms with Crippen LogP contribution in [0.5, 0.6) is 0 Å². The number of aryl methyl sites for hydroxylation is 1. The van der Waals surface area contributed by atoms with Crippen LogP contribution in [0.4, 0.5) is 0 Å². The molecule has 0 radical (unpaired) electrons. The Kier molecular flexibility index (Phi) is 5.31. The van der Waals surface area contributed by atoms with Gasteiger partial charge >= 0.3 is 0 Å². The fourth-order valence-electron chi connectivity index (χ4n) is 4.21. The summed E-state index contributed by atoms with van der Waals surface area (Å²) in [6.07, 6.45) is 4.53. The summed E-state index contributed by atoms with van der Waals surface area (Å²) in [5, 5.41) is 0.776. The second-order valence-electron chi connectivity index (χ2n) is 7.54. The van der Waals surface area contributed by atoms with Gasteiger partial charge in [0.1, 0.15) is 5.76 Å². The summed E-state index contributed by atoms with van der Waals surface area (Å²) in [7, 11) is 0. The number of furan rings is 1. The molecule has 2 aromatic heterocycles. The van der Waals surface area contributed by atoms with Gasteiger partial charge in [0.2, 0.25) is 0 Å². The minimum atomic E-state index is 0.119. The Balaban J connectivity index is 1.56. The van der Waals surface area contributed by atoms with Crippen molar-refractivity contribution in [1.82, 2.24) is 9.47 Å². The molecule has 1 aliphatic rings. The quantitative estimate of drug-likeness (QED) is 0.591. The second kappa shape index (κ2) is 7.88. The Morgan fingerprint density at radius 3 is 2.79 bits per heavy atom. The number of hydrogen-bond donors (Lipinski definition) is 0. The Hall–Kier alpha value is -2.46. The van der Waals surface area contributed by atoms with Gasteiger partial charge in [-0.1, -0.05) is 29.8 Å². The van der Waals surface area contributed by atoms with E-state index in [9.17, 15) is 4.79 Å². The maximum Gasteiger partial charge on any atom is 0.255 e. The van der Waals surface area contributed by atoms with Crippen LogP contribution in [0.25, 0.3) is 0 Å². The van der Waals surface area contributed by atoms with Crippen molar-refractivity contribution in [3.05, 3.63) is 82.0 Å². The summed E-state index contributed by atoms with van der Waals surface area (Å²) in [6.45, 7) is 5.50. The van der Waals surface area contributed by atoms with Crippen LogP contribution in [0.15, 0.2) is 53.1 Å². The van der Waals surface area contributed by atoms with Crippen LogP contribution >= 0.6 is 11.6 Å². The first-order chi connectivity index (χ1) is 13.5. The SMILES string of the molecule is Cc1cc(C(=O)N2CCCC2Cc2ccccc2Cl)c(C)n1Cc1ccco1. The van der Waals surface area contributed by atoms with Crippen molar-refractivity contribution in [3.8, 4) is 0 Å². The number of benzene rings is 1. The molecule has 3 heterocycles. The average Bonchev–Trinajstić information content (AvgIpc) is 3.41. The minimum absolute atomic E-state index is 0.119. The number of rotatable bonds is 5. The lowest BCUT2D eigenvalue weighted by Gasteiger charge is -2.25. The van der Waals surface area contributed by atoms with Crippen molar-refractivity contribution in [3.63, 3.8) is 0 Å². The minimum Gasteiger partial charge on any atom is -0.467 e. The topological polar surface area (TPSA) is 38.4 Å². The number of amides is 1. The third-order valence-corrected chi connectivity index (χ3v) is 6.12. The highest BCUT2D eigenvalue weighted by atomic mass is 35.5. The Morgan fingerprint density at radius 2 is 2.04 bits per heavy atom. The lowest BCUT2D eigenvalue weighted by atomic mass is 10.0. The fraction of sp³-hybridized carbons (Fsp3) is 0.348. The van der Waals surface area contributed by atoms with E-state index >= 15 is 0 Å². The summed E-state index contributed by atoms with van der Waals surface area (Å²) in [4.78, 5) is 15.4. The number of aromatic nitrogens is 1. The highest BCUT2D eigenvalue weighted by molar-refractivity contribution is 6.31. The molecule has 1 atom stereocenters. The molecule has 1 aliphatic heterocycles. The predicted molar refractivity (Wildman–Crippen MR) is 111 cm³/mol. The van der Waals surface area contributed by atoms with Gasteiger partial charge in [0.25, 0.3) is 5.91 Å². The van der Waals surface area contributed by atoms with Crippen molar-refractivity contribution in [2.24, 2.45) is 0 Å². The van der Waals surface area contributed by atoms with Crippen LogP contribution in [0.3, 0.4) is 0 Å². The summed E-state index contributed by atoms with van der Waals surface area (Å²) >= 11 is 6.35. The second-order valence-corrected chi connectivity index (χ2v) is 7.95. The van der Waals surface area contributed by atoms with Gasteiger partial charge in [-0.2, -0.15) is 0 Å². The third-order valence-electron chi connectivity index (χ3n) is 5.75. The van der Waals surface area contributed by atoms with Gasteiger partial charge < -0.3 is 13.9 Å². The number of hydrogen-bond acceptors (Lipinski definition) is 2. The normalized spacial score (nSPS) is 16.7. The first-order valence-corrected chi connectivity index (χ1v) is 10.2. The zero-order chi connectivity index (χ0) is 19.7. The summed E-state index contributed by atoms with van der Waals surface area (Å²) < 4.78 is 7.63. The van der Waals surface area contributed by atoms with E-state index in [2.05, 4.69) is 10.6 Å². The highest BCUT2D eigenvalue weighted by Gasteiger charge is 2.31. The van der Waals surface area contributed by atoms with Crippen molar-refractivity contribution in [2.75, 3.05) is 6.54 Å². The first kappa shape index (κ1) is 18.9. The van der Waals surface area contributed by atoms with Crippen molar-refractivity contribution >= 4 is 17.5 Å². The number of halogens is 1. The lowest BCUT2D eigenvalue weighted by molar-refractivity contribution is 0.0735. The molecule has 3 aromatic rings. The lowest BCUT2D eigenvalue weighted by Crippen LogP contribution is -2.37. The third kappa shape index (κ3) is 3.61. The maximum atomic E-state index is 13.4. The zero-order valence-corrected chi connectivity index (χ0v) is 17.1. The Bertz CT molecular complexity index is 975. The standard InChI is InChI=1S/C23H25ClN2O2/c1-16-13-21(17(2)26(16)15-20-9-6-12-28-20)23(27)25-11-5-8-19(25)14-18-7-3-4-10-22(18)24/h3-4,6-7,9-10,12-13,19H,5,8,11,14-15H2,1-2H3. The Morgan fingerprint density at radius 1 is 1.21 bits per heavy atom. The summed E-state index contributed by atoms with van der Waals surface area (Å²) in [5.74, 6) is 1.01. The van der Waals surface area contributed by atoms with Crippen LogP contribution in [0.1, 0.15) is 45.9 Å². The maximum absolute atomic E-state index is 13.4. The number of nitrogens with zero attached hydrogens (tertiary/aromatic N) is 2. The van der Waals surface area contributed by atoms with Crippen LogP contribution in [0, 0.1) is 13.8 Å². The molecular weight excluding hydrogens is 372 g/mol. The van der Waals surface area contributed by atoms with Crippen LogP contribution < -0.4 is 0 Å². The first-order valence-electron chi connectivity index (χ1n) is 9.78. The molecule has 5 heteroatoms. The molecule has 0 aliphatic carbocycles. The largest absolute Gasteiger partial charge is 0.467 e. The molecular formula is C23H25ClN2O2. The van der Waals surface area contributed by atoms with Gasteiger partial charge in [-0.3, -0.25) is 4.79 Å². The van der Waals surface area contributed by atoms with E-state index in [0.717, 1.165) is 59.1 Å². The smallest absolute Gasteiger partial charge is 0.255 e. The van der Waals surface area contributed by atoms with Crippen molar-refractivity contribution in [2.45, 2.75) is 45.7 Å². The van der Waals surface area contributed by atoms with E-state index in [-0.39, 0.29) is 11.9 Å².